The highest BCUT2D eigenvalue weighted by atomic mass is 35.5. The van der Waals surface area contributed by atoms with E-state index in [1.165, 1.54) is 12.3 Å². The van der Waals surface area contributed by atoms with E-state index in [1.807, 2.05) is 6.07 Å². The summed E-state index contributed by atoms with van der Waals surface area (Å²) < 4.78 is 1.62. The highest BCUT2D eigenvalue weighted by Gasteiger charge is 2.23. The monoisotopic (exact) mass is 343 g/mol. The van der Waals surface area contributed by atoms with Crippen LogP contribution in [0.2, 0.25) is 5.02 Å². The number of aromatic hydroxyl groups is 1. The standard InChI is InChI=1S/C16H14ClN5O2/c17-12-5-11(3-4-13(12)24)19-14-6-15(20-10-1-2-10)22-16(21-14)9(8-23)7-18-22/h3-8,10,20,24H,1-2H2,(H,19,21). The van der Waals surface area contributed by atoms with Crippen LogP contribution in [0, 0.1) is 0 Å². The van der Waals surface area contributed by atoms with Crippen molar-refractivity contribution in [3.8, 4) is 5.75 Å². The van der Waals surface area contributed by atoms with E-state index in [0.29, 0.717) is 28.8 Å². The number of carbonyl (C=O) groups excluding carboxylic acids is 1. The van der Waals surface area contributed by atoms with E-state index in [4.69, 9.17) is 11.6 Å². The third-order valence-electron chi connectivity index (χ3n) is 3.78. The maximum atomic E-state index is 11.2. The van der Waals surface area contributed by atoms with Crippen molar-refractivity contribution in [1.82, 2.24) is 14.6 Å². The number of benzene rings is 1. The van der Waals surface area contributed by atoms with Gasteiger partial charge in [0.25, 0.3) is 0 Å². The molecule has 1 aliphatic rings. The second-order valence-corrected chi connectivity index (χ2v) is 6.10. The molecule has 3 aromatic rings. The second-order valence-electron chi connectivity index (χ2n) is 5.69. The van der Waals surface area contributed by atoms with E-state index < -0.39 is 0 Å². The van der Waals surface area contributed by atoms with Crippen LogP contribution in [0.4, 0.5) is 17.3 Å². The first-order valence-corrected chi connectivity index (χ1v) is 7.88. The fourth-order valence-electron chi connectivity index (χ4n) is 2.40. The molecule has 0 radical (unpaired) electrons. The summed E-state index contributed by atoms with van der Waals surface area (Å²) in [6.45, 7) is 0. The molecule has 2 heterocycles. The van der Waals surface area contributed by atoms with Crippen LogP contribution < -0.4 is 10.6 Å². The minimum absolute atomic E-state index is 0.0146. The summed E-state index contributed by atoms with van der Waals surface area (Å²) in [5.41, 5.74) is 1.57. The number of rotatable bonds is 5. The number of hydrogen-bond donors (Lipinski definition) is 3. The minimum atomic E-state index is 0.0146. The molecule has 0 saturated heterocycles. The summed E-state index contributed by atoms with van der Waals surface area (Å²) in [6, 6.07) is 7.05. The van der Waals surface area contributed by atoms with Crippen LogP contribution in [0.1, 0.15) is 23.2 Å². The van der Waals surface area contributed by atoms with Gasteiger partial charge in [-0.15, -0.1) is 0 Å². The van der Waals surface area contributed by atoms with E-state index in [9.17, 15) is 9.90 Å². The zero-order valence-corrected chi connectivity index (χ0v) is 13.3. The summed E-state index contributed by atoms with van der Waals surface area (Å²) in [5.74, 6) is 1.33. The van der Waals surface area contributed by atoms with Crippen molar-refractivity contribution in [2.75, 3.05) is 10.6 Å². The Balaban J connectivity index is 1.75. The van der Waals surface area contributed by atoms with Gasteiger partial charge in [-0.3, -0.25) is 4.79 Å². The van der Waals surface area contributed by atoms with Crippen LogP contribution in [0.3, 0.4) is 0 Å². The summed E-state index contributed by atoms with van der Waals surface area (Å²) >= 11 is 5.93. The molecule has 0 bridgehead atoms. The first-order valence-electron chi connectivity index (χ1n) is 7.50. The SMILES string of the molecule is O=Cc1cnn2c(NC3CC3)cc(Nc3ccc(O)c(Cl)c3)nc12. The fourth-order valence-corrected chi connectivity index (χ4v) is 2.58. The van der Waals surface area contributed by atoms with Crippen molar-refractivity contribution in [3.05, 3.63) is 41.0 Å². The molecule has 1 fully saturated rings. The van der Waals surface area contributed by atoms with Gasteiger partial charge in [-0.25, -0.2) is 4.98 Å². The van der Waals surface area contributed by atoms with Crippen molar-refractivity contribution in [1.29, 1.82) is 0 Å². The molecular weight excluding hydrogens is 330 g/mol. The molecule has 1 aromatic carbocycles. The lowest BCUT2D eigenvalue weighted by atomic mass is 10.3. The van der Waals surface area contributed by atoms with Crippen molar-refractivity contribution in [2.24, 2.45) is 0 Å². The number of hydrogen-bond acceptors (Lipinski definition) is 6. The maximum Gasteiger partial charge on any atom is 0.170 e. The van der Waals surface area contributed by atoms with Gasteiger partial charge in [-0.2, -0.15) is 9.61 Å². The molecule has 3 N–H and O–H groups in total. The number of anilines is 3. The third kappa shape index (κ3) is 2.74. The predicted molar refractivity (Wildman–Crippen MR) is 91.4 cm³/mol. The lowest BCUT2D eigenvalue weighted by Crippen LogP contribution is -2.09. The molecular formula is C16H14ClN5O2. The van der Waals surface area contributed by atoms with Crippen LogP contribution >= 0.6 is 11.6 Å². The first kappa shape index (κ1) is 14.8. The van der Waals surface area contributed by atoms with Crippen LogP contribution in [-0.4, -0.2) is 32.0 Å². The van der Waals surface area contributed by atoms with Crippen LogP contribution in [-0.2, 0) is 0 Å². The van der Waals surface area contributed by atoms with Crippen LogP contribution in [0.5, 0.6) is 5.75 Å². The average molecular weight is 344 g/mol. The van der Waals surface area contributed by atoms with Gasteiger partial charge in [0.2, 0.25) is 0 Å². The molecule has 0 atom stereocenters. The van der Waals surface area contributed by atoms with E-state index in [1.54, 1.807) is 16.6 Å². The van der Waals surface area contributed by atoms with Crippen molar-refractivity contribution in [2.45, 2.75) is 18.9 Å². The fraction of sp³-hybridized carbons (Fsp3) is 0.188. The summed E-state index contributed by atoms with van der Waals surface area (Å²) in [5, 5.41) is 20.5. The molecule has 0 unspecified atom stereocenters. The summed E-state index contributed by atoms with van der Waals surface area (Å²) in [4.78, 5) is 15.7. The minimum Gasteiger partial charge on any atom is -0.506 e. The smallest absolute Gasteiger partial charge is 0.170 e. The number of fused-ring (bicyclic) bond motifs is 1. The number of nitrogens with one attached hydrogen (secondary N) is 2. The van der Waals surface area contributed by atoms with Gasteiger partial charge in [-0.05, 0) is 31.0 Å². The summed E-state index contributed by atoms with van der Waals surface area (Å²) in [7, 11) is 0. The average Bonchev–Trinajstić information content (AvgIpc) is 3.28. The molecule has 7 nitrogen and oxygen atoms in total. The van der Waals surface area contributed by atoms with Gasteiger partial charge in [0.1, 0.15) is 17.4 Å². The molecule has 8 heteroatoms. The van der Waals surface area contributed by atoms with Gasteiger partial charge in [0, 0.05) is 17.8 Å². The Hall–Kier alpha value is -2.80. The number of aromatic nitrogens is 3. The molecule has 0 amide bonds. The molecule has 122 valence electrons. The number of aldehydes is 1. The largest absolute Gasteiger partial charge is 0.506 e. The van der Waals surface area contributed by atoms with Gasteiger partial charge >= 0.3 is 0 Å². The number of nitrogens with zero attached hydrogens (tertiary/aromatic N) is 3. The summed E-state index contributed by atoms with van der Waals surface area (Å²) in [6.07, 6.45) is 4.45. The Morgan fingerprint density at radius 3 is 2.88 bits per heavy atom. The molecule has 1 aliphatic carbocycles. The van der Waals surface area contributed by atoms with Gasteiger partial charge in [0.15, 0.2) is 11.9 Å². The Morgan fingerprint density at radius 1 is 1.33 bits per heavy atom. The van der Waals surface area contributed by atoms with E-state index in [2.05, 4.69) is 20.7 Å². The molecule has 2 aromatic heterocycles. The Kier molecular flexibility index (Phi) is 3.50. The molecule has 24 heavy (non-hydrogen) atoms. The van der Waals surface area contributed by atoms with Gasteiger partial charge < -0.3 is 15.7 Å². The molecule has 4 rings (SSSR count). The predicted octanol–water partition coefficient (Wildman–Crippen LogP) is 3.22. The zero-order valence-electron chi connectivity index (χ0n) is 12.5. The quantitative estimate of drug-likeness (QED) is 0.486. The Bertz CT molecular complexity index is 936. The van der Waals surface area contributed by atoms with Crippen molar-refractivity contribution in [3.63, 3.8) is 0 Å². The van der Waals surface area contributed by atoms with Gasteiger partial charge in [-0.1, -0.05) is 11.6 Å². The number of halogens is 1. The second kappa shape index (κ2) is 5.68. The van der Waals surface area contributed by atoms with Crippen molar-refractivity contribution < 1.29 is 9.90 Å². The van der Waals surface area contributed by atoms with Crippen LogP contribution in [0.15, 0.2) is 30.5 Å². The highest BCUT2D eigenvalue weighted by Crippen LogP contribution is 2.30. The molecule has 0 aliphatic heterocycles. The van der Waals surface area contributed by atoms with Crippen LogP contribution in [0.25, 0.3) is 5.65 Å². The maximum absolute atomic E-state index is 11.2. The Labute approximate surface area is 142 Å². The van der Waals surface area contributed by atoms with Gasteiger partial charge in [0.05, 0.1) is 16.8 Å². The Morgan fingerprint density at radius 2 is 2.17 bits per heavy atom. The van der Waals surface area contributed by atoms with E-state index in [-0.39, 0.29) is 10.8 Å². The normalized spacial score (nSPS) is 13.9. The third-order valence-corrected chi connectivity index (χ3v) is 4.08. The zero-order chi connectivity index (χ0) is 16.7. The topological polar surface area (TPSA) is 91.6 Å². The highest BCUT2D eigenvalue weighted by molar-refractivity contribution is 6.32. The lowest BCUT2D eigenvalue weighted by molar-refractivity contribution is 0.112. The van der Waals surface area contributed by atoms with Crippen molar-refractivity contribution >= 4 is 40.9 Å². The first-order chi connectivity index (χ1) is 11.6. The number of phenolic OH excluding ortho intramolecular Hbond substituents is 1. The molecule has 0 spiro atoms. The van der Waals surface area contributed by atoms with E-state index in [0.717, 1.165) is 24.9 Å². The number of phenols is 1. The lowest BCUT2D eigenvalue weighted by Gasteiger charge is -2.12. The number of carbonyl (C=O) groups is 1. The van der Waals surface area contributed by atoms with E-state index >= 15 is 0 Å². The molecule has 1 saturated carbocycles.